The number of aldehydes is 1. The minimum Gasteiger partial charge on any atom is -0.398 e. The van der Waals surface area contributed by atoms with Gasteiger partial charge in [-0.05, 0) is 30.2 Å². The lowest BCUT2D eigenvalue weighted by atomic mass is 9.99. The summed E-state index contributed by atoms with van der Waals surface area (Å²) in [5.74, 6) is 0. The Morgan fingerprint density at radius 3 is 2.54 bits per heavy atom. The lowest BCUT2D eigenvalue weighted by Crippen LogP contribution is -2.48. The Morgan fingerprint density at radius 2 is 1.96 bits per heavy atom. The number of rotatable bonds is 5. The third-order valence-electron chi connectivity index (χ3n) is 4.43. The summed E-state index contributed by atoms with van der Waals surface area (Å²) in [5, 5.41) is 18.4. The second-order valence-corrected chi connectivity index (χ2v) is 6.33. The Labute approximate surface area is 152 Å². The average molecular weight is 353 g/mol. The maximum atomic E-state index is 11.2. The number of carbonyl (C=O) groups is 1. The van der Waals surface area contributed by atoms with Crippen LogP contribution in [0, 0.1) is 0 Å². The van der Waals surface area contributed by atoms with Gasteiger partial charge in [0, 0.05) is 36.1 Å². The van der Waals surface area contributed by atoms with Crippen molar-refractivity contribution < 1.29 is 9.90 Å². The van der Waals surface area contributed by atoms with E-state index >= 15 is 0 Å². The lowest BCUT2D eigenvalue weighted by molar-refractivity contribution is -0.109. The molecule has 0 aromatic heterocycles. The molecule has 0 spiro atoms. The number of benzene rings is 2. The van der Waals surface area contributed by atoms with Crippen molar-refractivity contribution in [1.82, 2.24) is 5.32 Å². The monoisotopic (exact) mass is 353 g/mol. The van der Waals surface area contributed by atoms with Gasteiger partial charge in [-0.1, -0.05) is 24.3 Å². The smallest absolute Gasteiger partial charge is 0.159 e. The maximum absolute atomic E-state index is 11.2. The Hall–Kier alpha value is -2.90. The van der Waals surface area contributed by atoms with E-state index in [1.54, 1.807) is 30.3 Å². The average Bonchev–Trinajstić information content (AvgIpc) is 2.64. The van der Waals surface area contributed by atoms with Gasteiger partial charge in [0.1, 0.15) is 0 Å². The number of hydrazone groups is 1. The van der Waals surface area contributed by atoms with Crippen molar-refractivity contribution in [1.29, 1.82) is 0 Å². The summed E-state index contributed by atoms with van der Waals surface area (Å²) in [6, 6.07) is 11.2. The van der Waals surface area contributed by atoms with E-state index in [1.807, 2.05) is 24.3 Å². The first-order valence-corrected chi connectivity index (χ1v) is 8.44. The Kier molecular flexibility index (Phi) is 5.20. The summed E-state index contributed by atoms with van der Waals surface area (Å²) in [6.45, 7) is 2.26. The van der Waals surface area contributed by atoms with Gasteiger partial charge >= 0.3 is 0 Å². The van der Waals surface area contributed by atoms with E-state index in [0.717, 1.165) is 23.0 Å². The molecule has 26 heavy (non-hydrogen) atoms. The fourth-order valence-corrected chi connectivity index (χ4v) is 2.95. The third kappa shape index (κ3) is 3.68. The van der Waals surface area contributed by atoms with E-state index in [9.17, 15) is 9.90 Å². The van der Waals surface area contributed by atoms with E-state index in [-0.39, 0.29) is 0 Å². The molecule has 2 aromatic rings. The summed E-state index contributed by atoms with van der Waals surface area (Å²) < 4.78 is 0. The van der Waals surface area contributed by atoms with Crippen molar-refractivity contribution in [3.05, 3.63) is 53.1 Å². The molecular weight excluding hydrogens is 330 g/mol. The number of nitrogens with two attached hydrogens (primary N) is 2. The van der Waals surface area contributed by atoms with Crippen LogP contribution in [0.15, 0.2) is 41.5 Å². The molecule has 0 aliphatic carbocycles. The van der Waals surface area contributed by atoms with Crippen molar-refractivity contribution in [2.75, 3.05) is 23.0 Å². The third-order valence-corrected chi connectivity index (χ3v) is 4.43. The Morgan fingerprint density at radius 1 is 1.31 bits per heavy atom. The molecule has 136 valence electrons. The van der Waals surface area contributed by atoms with Crippen molar-refractivity contribution in [3.8, 4) is 0 Å². The zero-order chi connectivity index (χ0) is 18.7. The summed E-state index contributed by atoms with van der Waals surface area (Å²) in [4.78, 5) is 11.2. The highest BCUT2D eigenvalue weighted by atomic mass is 16.3. The first kappa shape index (κ1) is 17.9. The maximum Gasteiger partial charge on any atom is 0.159 e. The molecule has 7 nitrogen and oxygen atoms in total. The van der Waals surface area contributed by atoms with Crippen LogP contribution in [0.3, 0.4) is 0 Å². The van der Waals surface area contributed by atoms with Crippen LogP contribution in [0.4, 0.5) is 17.1 Å². The van der Waals surface area contributed by atoms with E-state index in [2.05, 4.69) is 10.4 Å². The summed E-state index contributed by atoms with van der Waals surface area (Å²) in [7, 11) is 0. The van der Waals surface area contributed by atoms with E-state index < -0.39 is 12.3 Å². The molecule has 0 bridgehead atoms. The van der Waals surface area contributed by atoms with Crippen LogP contribution in [0.1, 0.15) is 29.7 Å². The molecular formula is C19H23N5O2. The number of aliphatic hydroxyl groups is 1. The van der Waals surface area contributed by atoms with Gasteiger partial charge in [-0.2, -0.15) is 5.10 Å². The molecule has 2 unspecified atom stereocenters. The highest BCUT2D eigenvalue weighted by Crippen LogP contribution is 2.31. The van der Waals surface area contributed by atoms with Gasteiger partial charge < -0.3 is 16.6 Å². The Balaban J connectivity index is 1.86. The highest BCUT2D eigenvalue weighted by Gasteiger charge is 2.21. The predicted molar refractivity (Wildman–Crippen MR) is 104 cm³/mol. The van der Waals surface area contributed by atoms with Gasteiger partial charge in [0.15, 0.2) is 12.5 Å². The standard InChI is InChI=1S/C19H23N5O2/c1-12(26)14-4-2-13(3-5-14)8-16-17(20)9-15(10-18(16)21)24-19(11-25)22-6-7-23-24/h2-5,7,9-12,19,22,26H,6,8,20-21H2,1H3. The fourth-order valence-electron chi connectivity index (χ4n) is 2.95. The van der Waals surface area contributed by atoms with Gasteiger partial charge in [0.25, 0.3) is 0 Å². The van der Waals surface area contributed by atoms with Crippen LogP contribution < -0.4 is 21.8 Å². The van der Waals surface area contributed by atoms with Gasteiger partial charge in [-0.15, -0.1) is 0 Å². The molecule has 0 radical (unpaired) electrons. The second kappa shape index (κ2) is 7.55. The zero-order valence-corrected chi connectivity index (χ0v) is 14.6. The number of nitrogen functional groups attached to an aromatic ring is 2. The molecule has 7 heteroatoms. The number of aliphatic hydroxyl groups excluding tert-OH is 1. The van der Waals surface area contributed by atoms with Crippen molar-refractivity contribution in [2.45, 2.75) is 25.6 Å². The highest BCUT2D eigenvalue weighted by molar-refractivity contribution is 5.77. The molecule has 2 atom stereocenters. The van der Waals surface area contributed by atoms with Gasteiger partial charge in [-0.3, -0.25) is 10.1 Å². The first-order valence-electron chi connectivity index (χ1n) is 8.44. The van der Waals surface area contributed by atoms with Crippen LogP contribution >= 0.6 is 0 Å². The molecule has 1 heterocycles. The number of anilines is 3. The normalized spacial score (nSPS) is 17.9. The molecule has 0 amide bonds. The zero-order valence-electron chi connectivity index (χ0n) is 14.6. The van der Waals surface area contributed by atoms with E-state index in [4.69, 9.17) is 11.5 Å². The Bertz CT molecular complexity index is 794. The second-order valence-electron chi connectivity index (χ2n) is 6.33. The van der Waals surface area contributed by atoms with Crippen molar-refractivity contribution in [3.63, 3.8) is 0 Å². The number of hydrogen-bond acceptors (Lipinski definition) is 7. The topological polar surface area (TPSA) is 117 Å². The molecule has 3 rings (SSSR count). The molecule has 1 aliphatic heterocycles. The summed E-state index contributed by atoms with van der Waals surface area (Å²) >= 11 is 0. The van der Waals surface area contributed by atoms with Gasteiger partial charge in [0.05, 0.1) is 11.8 Å². The quantitative estimate of drug-likeness (QED) is 0.477. The van der Waals surface area contributed by atoms with E-state index in [1.165, 1.54) is 0 Å². The number of hydrogen-bond donors (Lipinski definition) is 4. The largest absolute Gasteiger partial charge is 0.398 e. The first-order chi connectivity index (χ1) is 12.5. The molecule has 0 fully saturated rings. The molecule has 0 saturated carbocycles. The van der Waals surface area contributed by atoms with Gasteiger partial charge in [0.2, 0.25) is 0 Å². The predicted octanol–water partition coefficient (Wildman–Crippen LogP) is 1.42. The number of nitrogens with zero attached hydrogens (tertiary/aromatic N) is 2. The van der Waals surface area contributed by atoms with Crippen molar-refractivity contribution >= 4 is 29.6 Å². The SMILES string of the molecule is CC(O)c1ccc(Cc2c(N)cc(N3N=CCNC3C=O)cc2N)cc1. The summed E-state index contributed by atoms with van der Waals surface area (Å²) in [5.41, 5.74) is 17.0. The van der Waals surface area contributed by atoms with Crippen LogP contribution in [-0.2, 0) is 11.2 Å². The van der Waals surface area contributed by atoms with Crippen LogP contribution in [-0.4, -0.2) is 30.3 Å². The van der Waals surface area contributed by atoms with Crippen LogP contribution in [0.2, 0.25) is 0 Å². The van der Waals surface area contributed by atoms with Gasteiger partial charge in [-0.25, -0.2) is 5.01 Å². The lowest BCUT2D eigenvalue weighted by Gasteiger charge is -2.29. The molecule has 6 N–H and O–H groups in total. The van der Waals surface area contributed by atoms with E-state index in [0.29, 0.717) is 30.0 Å². The number of nitrogens with one attached hydrogen (secondary N) is 1. The minimum atomic E-state index is -0.544. The van der Waals surface area contributed by atoms with Crippen LogP contribution in [0.25, 0.3) is 0 Å². The molecule has 1 aliphatic rings. The molecule has 0 saturated heterocycles. The van der Waals surface area contributed by atoms with Crippen LogP contribution in [0.5, 0.6) is 0 Å². The summed E-state index contributed by atoms with van der Waals surface area (Å²) in [6.07, 6.45) is 2.02. The van der Waals surface area contributed by atoms with Crippen molar-refractivity contribution in [2.24, 2.45) is 5.10 Å². The fraction of sp³-hybridized carbons (Fsp3) is 0.263. The molecule has 2 aromatic carbocycles. The minimum absolute atomic E-state index is 0.497. The number of carbonyl (C=O) groups excluding carboxylic acids is 1.